The molecule has 1 fully saturated rings. The quantitative estimate of drug-likeness (QED) is 0.867. The van der Waals surface area contributed by atoms with E-state index in [-0.39, 0.29) is 0 Å². The van der Waals surface area contributed by atoms with Crippen molar-refractivity contribution in [2.24, 2.45) is 0 Å². The van der Waals surface area contributed by atoms with Crippen molar-refractivity contribution in [1.29, 1.82) is 0 Å². The van der Waals surface area contributed by atoms with Gasteiger partial charge >= 0.3 is 0 Å². The van der Waals surface area contributed by atoms with Gasteiger partial charge in [0.2, 0.25) is 0 Å². The lowest BCUT2D eigenvalue weighted by Gasteiger charge is -2.21. The van der Waals surface area contributed by atoms with Crippen LogP contribution in [0.4, 0.5) is 0 Å². The zero-order valence-corrected chi connectivity index (χ0v) is 11.2. The van der Waals surface area contributed by atoms with Gasteiger partial charge in [-0.1, -0.05) is 23.7 Å². The van der Waals surface area contributed by atoms with E-state index in [1.165, 1.54) is 38.0 Å². The third-order valence-corrected chi connectivity index (χ3v) is 3.81. The van der Waals surface area contributed by atoms with Crippen molar-refractivity contribution in [3.63, 3.8) is 0 Å². The third-order valence-electron chi connectivity index (χ3n) is 3.55. The van der Waals surface area contributed by atoms with Crippen LogP contribution in [0.3, 0.4) is 0 Å². The van der Waals surface area contributed by atoms with Gasteiger partial charge in [0, 0.05) is 11.1 Å². The van der Waals surface area contributed by atoms with Crippen molar-refractivity contribution in [3.05, 3.63) is 34.9 Å². The number of hydrogen-bond acceptors (Lipinski definition) is 2. The summed E-state index contributed by atoms with van der Waals surface area (Å²) in [4.78, 5) is 2.56. The van der Waals surface area contributed by atoms with Crippen LogP contribution in [-0.2, 0) is 0 Å². The van der Waals surface area contributed by atoms with E-state index in [2.05, 4.69) is 22.3 Å². The van der Waals surface area contributed by atoms with Crippen LogP contribution in [0.5, 0.6) is 0 Å². The van der Waals surface area contributed by atoms with Crippen LogP contribution in [0.15, 0.2) is 24.3 Å². The van der Waals surface area contributed by atoms with Gasteiger partial charge < -0.3 is 10.2 Å². The van der Waals surface area contributed by atoms with Gasteiger partial charge in [-0.2, -0.15) is 0 Å². The van der Waals surface area contributed by atoms with Crippen molar-refractivity contribution < 1.29 is 0 Å². The number of nitrogens with zero attached hydrogens (tertiary/aromatic N) is 1. The number of hydrogen-bond donors (Lipinski definition) is 1. The van der Waals surface area contributed by atoms with Crippen molar-refractivity contribution in [2.75, 3.05) is 26.7 Å². The molecule has 1 aliphatic heterocycles. The average Bonchev–Trinajstić information content (AvgIpc) is 2.85. The van der Waals surface area contributed by atoms with Gasteiger partial charge in [-0.3, -0.25) is 0 Å². The normalized spacial score (nSPS) is 18.5. The topological polar surface area (TPSA) is 15.3 Å². The van der Waals surface area contributed by atoms with Crippen LogP contribution in [-0.4, -0.2) is 31.6 Å². The summed E-state index contributed by atoms with van der Waals surface area (Å²) in [5.74, 6) is 0. The highest BCUT2D eigenvalue weighted by Crippen LogP contribution is 2.20. The molecule has 0 saturated carbocycles. The second-order valence-electron chi connectivity index (χ2n) is 4.73. The van der Waals surface area contributed by atoms with Gasteiger partial charge in [0.05, 0.1) is 0 Å². The second-order valence-corrected chi connectivity index (χ2v) is 5.17. The minimum Gasteiger partial charge on any atom is -0.313 e. The molecular formula is C14H21ClN2. The molecule has 1 aliphatic rings. The maximum atomic E-state index is 5.91. The first-order chi connectivity index (χ1) is 8.29. The summed E-state index contributed by atoms with van der Waals surface area (Å²) in [6.45, 7) is 3.74. The Morgan fingerprint density at radius 2 is 1.88 bits per heavy atom. The predicted octanol–water partition coefficient (Wildman–Crippen LogP) is 3.09. The molecule has 0 amide bonds. The van der Waals surface area contributed by atoms with Crippen molar-refractivity contribution >= 4 is 11.6 Å². The summed E-state index contributed by atoms with van der Waals surface area (Å²) < 4.78 is 0. The monoisotopic (exact) mass is 252 g/mol. The van der Waals surface area contributed by atoms with Gasteiger partial charge in [-0.05, 0) is 63.6 Å². The molecule has 1 saturated heterocycles. The van der Waals surface area contributed by atoms with Crippen LogP contribution < -0.4 is 5.32 Å². The molecule has 1 N–H and O–H groups in total. The summed E-state index contributed by atoms with van der Waals surface area (Å²) in [5.41, 5.74) is 1.33. The van der Waals surface area contributed by atoms with E-state index in [9.17, 15) is 0 Å². The van der Waals surface area contributed by atoms with Gasteiger partial charge in [0.15, 0.2) is 0 Å². The lowest BCUT2D eigenvalue weighted by Crippen LogP contribution is -2.26. The number of rotatable bonds is 5. The first-order valence-electron chi connectivity index (χ1n) is 6.44. The molecule has 0 bridgehead atoms. The summed E-state index contributed by atoms with van der Waals surface area (Å²) in [7, 11) is 2.03. The summed E-state index contributed by atoms with van der Waals surface area (Å²) in [6, 6.07) is 8.61. The second kappa shape index (κ2) is 6.39. The van der Waals surface area contributed by atoms with Crippen molar-refractivity contribution in [2.45, 2.75) is 25.3 Å². The van der Waals surface area contributed by atoms with Gasteiger partial charge in [-0.15, -0.1) is 0 Å². The lowest BCUT2D eigenvalue weighted by molar-refractivity contribution is 0.314. The van der Waals surface area contributed by atoms with E-state index in [0.717, 1.165) is 11.4 Å². The van der Waals surface area contributed by atoms with E-state index in [1.807, 2.05) is 19.2 Å². The summed E-state index contributed by atoms with van der Waals surface area (Å²) in [6.07, 6.45) is 3.90. The average molecular weight is 253 g/mol. The molecule has 0 unspecified atom stereocenters. The van der Waals surface area contributed by atoms with Crippen LogP contribution in [0.2, 0.25) is 5.02 Å². The van der Waals surface area contributed by atoms with Crippen LogP contribution in [0.1, 0.15) is 30.9 Å². The van der Waals surface area contributed by atoms with Gasteiger partial charge in [-0.25, -0.2) is 0 Å². The highest BCUT2D eigenvalue weighted by Gasteiger charge is 2.14. The largest absolute Gasteiger partial charge is 0.313 e. The number of halogens is 1. The minimum atomic E-state index is 0.438. The molecule has 0 spiro atoms. The fourth-order valence-corrected chi connectivity index (χ4v) is 2.62. The number of benzene rings is 1. The van der Waals surface area contributed by atoms with E-state index < -0.39 is 0 Å². The van der Waals surface area contributed by atoms with E-state index in [1.54, 1.807) is 0 Å². The molecule has 1 aromatic carbocycles. The Balaban J connectivity index is 1.89. The van der Waals surface area contributed by atoms with Crippen LogP contribution in [0.25, 0.3) is 0 Å². The standard InChI is InChI=1S/C14H21ClN2/c1-16-14(8-11-17-9-2-3-10-17)12-4-6-13(15)7-5-12/h4-7,14,16H,2-3,8-11H2,1H3/t14-/m0/s1. The molecular weight excluding hydrogens is 232 g/mol. The molecule has 0 radical (unpaired) electrons. The molecule has 0 aromatic heterocycles. The Morgan fingerprint density at radius 1 is 1.24 bits per heavy atom. The molecule has 1 aromatic rings. The smallest absolute Gasteiger partial charge is 0.0406 e. The highest BCUT2D eigenvalue weighted by molar-refractivity contribution is 6.30. The molecule has 1 heterocycles. The first-order valence-corrected chi connectivity index (χ1v) is 6.82. The molecule has 17 heavy (non-hydrogen) atoms. The molecule has 0 aliphatic carbocycles. The lowest BCUT2D eigenvalue weighted by atomic mass is 10.0. The zero-order valence-electron chi connectivity index (χ0n) is 10.5. The number of nitrogens with one attached hydrogen (secondary N) is 1. The maximum absolute atomic E-state index is 5.91. The van der Waals surface area contributed by atoms with E-state index >= 15 is 0 Å². The fourth-order valence-electron chi connectivity index (χ4n) is 2.49. The number of likely N-dealkylation sites (tertiary alicyclic amines) is 1. The summed E-state index contributed by atoms with van der Waals surface area (Å²) >= 11 is 5.91. The van der Waals surface area contributed by atoms with E-state index in [4.69, 9.17) is 11.6 Å². The van der Waals surface area contributed by atoms with Gasteiger partial charge in [0.25, 0.3) is 0 Å². The third kappa shape index (κ3) is 3.70. The zero-order chi connectivity index (χ0) is 12.1. The Morgan fingerprint density at radius 3 is 2.47 bits per heavy atom. The predicted molar refractivity (Wildman–Crippen MR) is 73.5 cm³/mol. The highest BCUT2D eigenvalue weighted by atomic mass is 35.5. The molecule has 1 atom stereocenters. The SMILES string of the molecule is CN[C@@H](CCN1CCCC1)c1ccc(Cl)cc1. The van der Waals surface area contributed by atoms with Crippen molar-refractivity contribution in [1.82, 2.24) is 10.2 Å². The summed E-state index contributed by atoms with van der Waals surface area (Å²) in [5, 5.41) is 4.20. The Bertz CT molecular complexity index is 331. The Hall–Kier alpha value is -0.570. The minimum absolute atomic E-state index is 0.438. The van der Waals surface area contributed by atoms with Crippen molar-refractivity contribution in [3.8, 4) is 0 Å². The van der Waals surface area contributed by atoms with Crippen LogP contribution in [0, 0.1) is 0 Å². The molecule has 94 valence electrons. The first kappa shape index (κ1) is 12.9. The molecule has 3 heteroatoms. The van der Waals surface area contributed by atoms with Crippen LogP contribution >= 0.6 is 11.6 Å². The Labute approximate surface area is 109 Å². The van der Waals surface area contributed by atoms with Gasteiger partial charge in [0.1, 0.15) is 0 Å². The maximum Gasteiger partial charge on any atom is 0.0406 e. The fraction of sp³-hybridized carbons (Fsp3) is 0.571. The molecule has 2 nitrogen and oxygen atoms in total. The van der Waals surface area contributed by atoms with E-state index in [0.29, 0.717) is 6.04 Å². The molecule has 2 rings (SSSR count). The Kier molecular flexibility index (Phi) is 4.84.